The molecule has 0 radical (unpaired) electrons. The van der Waals surface area contributed by atoms with E-state index in [-0.39, 0.29) is 16.1 Å². The van der Waals surface area contributed by atoms with Crippen LogP contribution in [0.5, 0.6) is 5.75 Å². The lowest BCUT2D eigenvalue weighted by molar-refractivity contribution is -0.175. The third-order valence-corrected chi connectivity index (χ3v) is 5.65. The van der Waals surface area contributed by atoms with Crippen LogP contribution in [-0.4, -0.2) is 60.6 Å². The van der Waals surface area contributed by atoms with E-state index in [1.54, 1.807) is 0 Å². The Kier molecular flexibility index (Phi) is 10.7. The van der Waals surface area contributed by atoms with Gasteiger partial charge < -0.3 is 25.8 Å². The fraction of sp³-hybridized carbons (Fsp3) is 0.360. The van der Waals surface area contributed by atoms with Crippen LogP contribution in [0.3, 0.4) is 0 Å². The number of halogens is 4. The minimum atomic E-state index is -5.20. The second-order valence-corrected chi connectivity index (χ2v) is 8.96. The summed E-state index contributed by atoms with van der Waals surface area (Å²) in [5.41, 5.74) is 0.232. The number of hydrogen-bond acceptors (Lipinski definition) is 6. The van der Waals surface area contributed by atoms with Crippen molar-refractivity contribution < 1.29 is 42.2 Å². The number of aliphatic hydroxyl groups is 1. The number of methoxy groups -OCH3 is 1. The van der Waals surface area contributed by atoms with Crippen LogP contribution >= 0.6 is 11.6 Å². The lowest BCUT2D eigenvalue weighted by Crippen LogP contribution is -2.55. The molecule has 4 N–H and O–H groups in total. The number of carbonyl (C=O) groups excluding carboxylic acids is 4. The van der Waals surface area contributed by atoms with Gasteiger partial charge in [0.25, 0.3) is 11.7 Å². The van der Waals surface area contributed by atoms with Crippen molar-refractivity contribution in [3.8, 4) is 5.75 Å². The third-order valence-electron chi connectivity index (χ3n) is 5.42. The fourth-order valence-electron chi connectivity index (χ4n) is 3.35. The summed E-state index contributed by atoms with van der Waals surface area (Å²) in [7, 11) is 1.39. The van der Waals surface area contributed by atoms with E-state index in [2.05, 4.69) is 16.0 Å². The summed E-state index contributed by atoms with van der Waals surface area (Å²) in [4.78, 5) is 50.5. The molecule has 13 heteroatoms. The predicted molar refractivity (Wildman–Crippen MR) is 132 cm³/mol. The Morgan fingerprint density at radius 3 is 2.11 bits per heavy atom. The van der Waals surface area contributed by atoms with E-state index in [1.807, 2.05) is 0 Å². The summed E-state index contributed by atoms with van der Waals surface area (Å²) in [6, 6.07) is 6.42. The van der Waals surface area contributed by atoms with Crippen molar-refractivity contribution in [2.45, 2.75) is 38.1 Å². The largest absolute Gasteiger partial charge is 0.497 e. The highest BCUT2D eigenvalue weighted by Gasteiger charge is 2.45. The van der Waals surface area contributed by atoms with Crippen LogP contribution in [-0.2, 0) is 14.4 Å². The van der Waals surface area contributed by atoms with Gasteiger partial charge in [-0.1, -0.05) is 43.6 Å². The van der Waals surface area contributed by atoms with Crippen molar-refractivity contribution in [3.05, 3.63) is 64.7 Å². The number of aliphatic hydroxyl groups excluding tert-OH is 1. The minimum Gasteiger partial charge on any atom is -0.497 e. The molecule has 38 heavy (non-hydrogen) atoms. The topological polar surface area (TPSA) is 134 Å². The van der Waals surface area contributed by atoms with E-state index >= 15 is 0 Å². The van der Waals surface area contributed by atoms with E-state index in [1.165, 1.54) is 69.5 Å². The molecule has 206 valence electrons. The lowest BCUT2D eigenvalue weighted by atomic mass is 9.97. The van der Waals surface area contributed by atoms with Gasteiger partial charge in [0.2, 0.25) is 11.8 Å². The Balaban J connectivity index is 2.32. The minimum absolute atomic E-state index is 0.0960. The number of ketones is 1. The van der Waals surface area contributed by atoms with Crippen LogP contribution in [0, 0.1) is 5.92 Å². The smallest absolute Gasteiger partial charge is 0.452 e. The average molecular weight is 558 g/mol. The first-order valence-electron chi connectivity index (χ1n) is 11.3. The molecule has 0 aromatic heterocycles. The Morgan fingerprint density at radius 2 is 1.61 bits per heavy atom. The molecule has 9 nitrogen and oxygen atoms in total. The quantitative estimate of drug-likeness (QED) is 0.336. The van der Waals surface area contributed by atoms with Gasteiger partial charge in [-0.3, -0.25) is 19.2 Å². The lowest BCUT2D eigenvalue weighted by Gasteiger charge is -2.27. The molecule has 0 saturated carbocycles. The van der Waals surface area contributed by atoms with E-state index in [0.717, 1.165) is 0 Å². The zero-order chi connectivity index (χ0) is 28.6. The molecule has 3 atom stereocenters. The zero-order valence-corrected chi connectivity index (χ0v) is 21.4. The number of rotatable bonds is 11. The van der Waals surface area contributed by atoms with Gasteiger partial charge in [-0.15, -0.1) is 0 Å². The van der Waals surface area contributed by atoms with Crippen molar-refractivity contribution in [1.82, 2.24) is 16.0 Å². The molecule has 0 aliphatic heterocycles. The monoisotopic (exact) mass is 557 g/mol. The molecule has 2 rings (SSSR count). The number of benzene rings is 2. The predicted octanol–water partition coefficient (Wildman–Crippen LogP) is 2.57. The standard InChI is InChI=1S/C25H27ClF3N3O6/c1-13(2)19(21(34)25(27,28)29)31-24(37)20(14-7-9-17(38-3)10-8-14)32-23(36)18(12-33)30-22(35)15-5-4-6-16(26)11-15/h4-11,13,18-20,33H,12H2,1-3H3,(H,30,35)(H,31,37)(H,32,36)/t18-,19-,20-/m0/s1. The molecule has 0 heterocycles. The highest BCUT2D eigenvalue weighted by atomic mass is 35.5. The maximum Gasteiger partial charge on any atom is 0.452 e. The molecule has 0 aliphatic rings. The maximum atomic E-state index is 13.1. The molecular weight excluding hydrogens is 531 g/mol. The van der Waals surface area contributed by atoms with Gasteiger partial charge in [0, 0.05) is 10.6 Å². The van der Waals surface area contributed by atoms with E-state index < -0.39 is 60.3 Å². The highest BCUT2D eigenvalue weighted by Crippen LogP contribution is 2.23. The number of ether oxygens (including phenoxy) is 1. The SMILES string of the molecule is COc1ccc([C@H](NC(=O)[C@H](CO)NC(=O)c2cccc(Cl)c2)C(=O)N[C@H](C(=O)C(F)(F)F)C(C)C)cc1. The molecule has 0 unspecified atom stereocenters. The van der Waals surface area contributed by atoms with Crippen molar-refractivity contribution in [1.29, 1.82) is 0 Å². The summed E-state index contributed by atoms with van der Waals surface area (Å²) < 4.78 is 44.4. The average Bonchev–Trinajstić information content (AvgIpc) is 2.87. The summed E-state index contributed by atoms with van der Waals surface area (Å²) in [6.45, 7) is 1.78. The molecule has 0 fully saturated rings. The first-order chi connectivity index (χ1) is 17.8. The van der Waals surface area contributed by atoms with Gasteiger partial charge in [0.15, 0.2) is 0 Å². The van der Waals surface area contributed by atoms with Crippen molar-refractivity contribution >= 4 is 35.1 Å². The molecule has 2 aromatic carbocycles. The van der Waals surface area contributed by atoms with Crippen molar-refractivity contribution in [3.63, 3.8) is 0 Å². The second-order valence-electron chi connectivity index (χ2n) is 8.53. The van der Waals surface area contributed by atoms with Gasteiger partial charge in [-0.05, 0) is 41.8 Å². The Labute approximate surface area is 221 Å². The third kappa shape index (κ3) is 8.18. The Morgan fingerprint density at radius 1 is 0.974 bits per heavy atom. The molecular formula is C25H27ClF3N3O6. The molecule has 3 amide bonds. The van der Waals surface area contributed by atoms with Crippen LogP contribution in [0.1, 0.15) is 35.8 Å². The second kappa shape index (κ2) is 13.2. The fourth-order valence-corrected chi connectivity index (χ4v) is 3.54. The van der Waals surface area contributed by atoms with Crippen molar-refractivity contribution in [2.75, 3.05) is 13.7 Å². The van der Waals surface area contributed by atoms with Gasteiger partial charge in [0.1, 0.15) is 17.8 Å². The van der Waals surface area contributed by atoms with Crippen LogP contribution in [0.15, 0.2) is 48.5 Å². The van der Waals surface area contributed by atoms with Crippen LogP contribution in [0.2, 0.25) is 5.02 Å². The van der Waals surface area contributed by atoms with Gasteiger partial charge in [-0.2, -0.15) is 13.2 Å². The first-order valence-corrected chi connectivity index (χ1v) is 11.7. The van der Waals surface area contributed by atoms with Gasteiger partial charge in [0.05, 0.1) is 19.8 Å². The summed E-state index contributed by atoms with van der Waals surface area (Å²) in [6.07, 6.45) is -5.20. The van der Waals surface area contributed by atoms with E-state index in [9.17, 15) is 37.5 Å². The number of alkyl halides is 3. The summed E-state index contributed by atoms with van der Waals surface area (Å²) >= 11 is 5.87. The van der Waals surface area contributed by atoms with E-state index in [4.69, 9.17) is 16.3 Å². The Hall–Kier alpha value is -3.64. The summed E-state index contributed by atoms with van der Waals surface area (Å²) in [5, 5.41) is 16.7. The first kappa shape index (κ1) is 30.6. The number of amides is 3. The van der Waals surface area contributed by atoms with Crippen LogP contribution < -0.4 is 20.7 Å². The number of Topliss-reactive ketones (excluding diaryl/α,β-unsaturated/α-hetero) is 1. The van der Waals surface area contributed by atoms with Gasteiger partial charge >= 0.3 is 6.18 Å². The number of hydrogen-bond donors (Lipinski definition) is 4. The van der Waals surface area contributed by atoms with Crippen LogP contribution in [0.25, 0.3) is 0 Å². The molecule has 0 spiro atoms. The van der Waals surface area contributed by atoms with E-state index in [0.29, 0.717) is 5.75 Å². The summed E-state index contributed by atoms with van der Waals surface area (Å²) in [5.74, 6) is -5.55. The molecule has 0 aliphatic carbocycles. The molecule has 0 bridgehead atoms. The van der Waals surface area contributed by atoms with Gasteiger partial charge in [-0.25, -0.2) is 0 Å². The maximum absolute atomic E-state index is 13.1. The van der Waals surface area contributed by atoms with Crippen molar-refractivity contribution in [2.24, 2.45) is 5.92 Å². The molecule has 0 saturated heterocycles. The number of carbonyl (C=O) groups is 4. The normalized spacial score (nSPS) is 13.7. The Bertz CT molecular complexity index is 1160. The highest BCUT2D eigenvalue weighted by molar-refractivity contribution is 6.31. The van der Waals surface area contributed by atoms with Crippen LogP contribution in [0.4, 0.5) is 13.2 Å². The molecule has 2 aromatic rings. The zero-order valence-electron chi connectivity index (χ0n) is 20.6. The number of nitrogens with one attached hydrogen (secondary N) is 3.